The Kier molecular flexibility index (Phi) is 4.18. The first-order valence-corrected chi connectivity index (χ1v) is 9.94. The molecule has 1 fully saturated rings. The van der Waals surface area contributed by atoms with Gasteiger partial charge in [-0.25, -0.2) is 9.97 Å². The number of amidine groups is 1. The first kappa shape index (κ1) is 17.7. The highest BCUT2D eigenvalue weighted by Gasteiger charge is 2.36. The number of hydrazone groups is 1. The van der Waals surface area contributed by atoms with Gasteiger partial charge in [0.2, 0.25) is 19.0 Å². The summed E-state index contributed by atoms with van der Waals surface area (Å²) < 4.78 is 16.9. The maximum absolute atomic E-state index is 6.09. The third-order valence-electron chi connectivity index (χ3n) is 5.24. The molecule has 12 nitrogen and oxygen atoms in total. The lowest BCUT2D eigenvalue weighted by Gasteiger charge is -2.31. The Morgan fingerprint density at radius 2 is 2.00 bits per heavy atom. The molecule has 5 heterocycles. The van der Waals surface area contributed by atoms with Gasteiger partial charge in [0.25, 0.3) is 0 Å². The van der Waals surface area contributed by atoms with Gasteiger partial charge in [-0.3, -0.25) is 5.10 Å². The highest BCUT2D eigenvalue weighted by atomic mass is 16.7. The summed E-state index contributed by atoms with van der Waals surface area (Å²) in [5.74, 6) is 2.58. The monoisotopic (exact) mass is 421 g/mol. The fourth-order valence-electron chi connectivity index (χ4n) is 3.44. The van der Waals surface area contributed by atoms with Crippen molar-refractivity contribution in [3.63, 3.8) is 0 Å². The van der Waals surface area contributed by atoms with Gasteiger partial charge in [-0.2, -0.15) is 5.01 Å². The van der Waals surface area contributed by atoms with Crippen LogP contribution in [0.5, 0.6) is 11.5 Å². The maximum Gasteiger partial charge on any atom is 0.312 e. The van der Waals surface area contributed by atoms with E-state index in [4.69, 9.17) is 14.2 Å². The van der Waals surface area contributed by atoms with Crippen molar-refractivity contribution in [3.8, 4) is 11.5 Å². The fraction of sp³-hybridized carbons (Fsp3) is 0.316. The average Bonchev–Trinajstić information content (AvgIpc) is 3.51. The molecule has 0 spiro atoms. The van der Waals surface area contributed by atoms with Crippen LogP contribution >= 0.6 is 0 Å². The van der Waals surface area contributed by atoms with E-state index in [2.05, 4.69) is 40.7 Å². The van der Waals surface area contributed by atoms with E-state index in [9.17, 15) is 0 Å². The number of benzene rings is 1. The van der Waals surface area contributed by atoms with Crippen LogP contribution in [0.1, 0.15) is 23.8 Å². The van der Waals surface area contributed by atoms with Crippen LogP contribution in [0, 0.1) is 0 Å². The van der Waals surface area contributed by atoms with E-state index < -0.39 is 6.23 Å². The van der Waals surface area contributed by atoms with Gasteiger partial charge < -0.3 is 24.4 Å². The number of nitrogens with one attached hydrogen (secondary N) is 2. The topological polar surface area (TPSA) is 126 Å². The second kappa shape index (κ2) is 7.31. The Morgan fingerprint density at radius 1 is 1.13 bits per heavy atom. The second-order valence-corrected chi connectivity index (χ2v) is 7.25. The third kappa shape index (κ3) is 3.31. The van der Waals surface area contributed by atoms with E-state index in [1.165, 1.54) is 0 Å². The van der Waals surface area contributed by atoms with Gasteiger partial charge in [-0.05, 0) is 24.1 Å². The maximum atomic E-state index is 6.09. The Balaban J connectivity index is 1.16. The van der Waals surface area contributed by atoms with Gasteiger partial charge in [0, 0.05) is 32.0 Å². The summed E-state index contributed by atoms with van der Waals surface area (Å²) >= 11 is 0. The van der Waals surface area contributed by atoms with Crippen molar-refractivity contribution in [2.75, 3.05) is 30.2 Å². The molecular weight excluding hydrogens is 402 g/mol. The molecule has 1 atom stereocenters. The second-order valence-electron chi connectivity index (χ2n) is 7.25. The van der Waals surface area contributed by atoms with Gasteiger partial charge in [-0.1, -0.05) is 11.3 Å². The van der Waals surface area contributed by atoms with Crippen molar-refractivity contribution >= 4 is 17.8 Å². The molecule has 0 aliphatic carbocycles. The van der Waals surface area contributed by atoms with E-state index in [1.807, 2.05) is 18.2 Å². The summed E-state index contributed by atoms with van der Waals surface area (Å²) in [4.78, 5) is 11.0. The zero-order valence-electron chi connectivity index (χ0n) is 16.4. The fourth-order valence-corrected chi connectivity index (χ4v) is 3.44. The molecule has 2 N–H and O–H groups in total. The Bertz CT molecular complexity index is 1100. The highest BCUT2D eigenvalue weighted by Crippen LogP contribution is 2.34. The van der Waals surface area contributed by atoms with Gasteiger partial charge in [-0.15, -0.1) is 10.2 Å². The predicted octanol–water partition coefficient (Wildman–Crippen LogP) is 1.45. The van der Waals surface area contributed by atoms with E-state index >= 15 is 0 Å². The van der Waals surface area contributed by atoms with Gasteiger partial charge in [0.15, 0.2) is 17.3 Å². The van der Waals surface area contributed by atoms with E-state index in [0.29, 0.717) is 24.3 Å². The first-order valence-electron chi connectivity index (χ1n) is 9.94. The van der Waals surface area contributed by atoms with Crippen molar-refractivity contribution in [3.05, 3.63) is 47.9 Å². The summed E-state index contributed by atoms with van der Waals surface area (Å²) in [6, 6.07) is 6.39. The first-order chi connectivity index (χ1) is 15.3. The number of rotatable bonds is 5. The van der Waals surface area contributed by atoms with Crippen LogP contribution in [0.2, 0.25) is 0 Å². The molecule has 1 unspecified atom stereocenters. The van der Waals surface area contributed by atoms with Crippen molar-refractivity contribution in [2.45, 2.75) is 19.2 Å². The van der Waals surface area contributed by atoms with Crippen LogP contribution < -0.4 is 19.8 Å². The molecule has 6 rings (SSSR count). The number of nitrogens with zero attached hydrogens (tertiary/aromatic N) is 7. The predicted molar refractivity (Wildman–Crippen MR) is 108 cm³/mol. The summed E-state index contributed by atoms with van der Waals surface area (Å²) in [6.45, 7) is 2.67. The zero-order valence-corrected chi connectivity index (χ0v) is 16.4. The smallest absolute Gasteiger partial charge is 0.312 e. The third-order valence-corrected chi connectivity index (χ3v) is 5.24. The molecule has 1 saturated heterocycles. The molecule has 12 heteroatoms. The summed E-state index contributed by atoms with van der Waals surface area (Å²) in [6.07, 6.45) is 5.73. The van der Waals surface area contributed by atoms with Crippen molar-refractivity contribution in [2.24, 2.45) is 5.10 Å². The molecule has 1 aromatic carbocycles. The number of anilines is 2. The normalized spacial score (nSPS) is 19.1. The van der Waals surface area contributed by atoms with Gasteiger partial charge in [0.05, 0.1) is 11.8 Å². The molecule has 0 bridgehead atoms. The molecule has 158 valence electrons. The average molecular weight is 421 g/mol. The zero-order chi connectivity index (χ0) is 20.6. The molecule has 0 amide bonds. The lowest BCUT2D eigenvalue weighted by Crippen LogP contribution is -2.42. The Labute approximate surface area is 176 Å². The van der Waals surface area contributed by atoms with Crippen molar-refractivity contribution in [1.82, 2.24) is 30.3 Å². The SMILES string of the molecule is c1cc2c(cc1CNc1ncc(C3OC(N4CCC4)=NN3c3c[nH]nn3)cn1)OCO2. The lowest BCUT2D eigenvalue weighted by molar-refractivity contribution is 0.153. The summed E-state index contributed by atoms with van der Waals surface area (Å²) in [5, 5.41) is 20.0. The van der Waals surface area contributed by atoms with Crippen molar-refractivity contribution < 1.29 is 14.2 Å². The lowest BCUT2D eigenvalue weighted by atomic mass is 10.2. The van der Waals surface area contributed by atoms with Crippen LogP contribution in [0.4, 0.5) is 11.8 Å². The van der Waals surface area contributed by atoms with E-state index in [-0.39, 0.29) is 6.79 Å². The van der Waals surface area contributed by atoms with Crippen molar-refractivity contribution in [1.29, 1.82) is 0 Å². The van der Waals surface area contributed by atoms with E-state index in [0.717, 1.165) is 42.1 Å². The number of hydrogen-bond donors (Lipinski definition) is 2. The molecule has 3 aliphatic rings. The molecule has 0 radical (unpaired) electrons. The molecule has 2 aromatic heterocycles. The Morgan fingerprint density at radius 3 is 2.77 bits per heavy atom. The molecule has 31 heavy (non-hydrogen) atoms. The number of likely N-dealkylation sites (tertiary alicyclic amines) is 1. The quantitative estimate of drug-likeness (QED) is 0.625. The minimum atomic E-state index is -0.511. The van der Waals surface area contributed by atoms with Crippen LogP contribution in [-0.4, -0.2) is 56.2 Å². The number of H-pyrrole nitrogens is 1. The van der Waals surface area contributed by atoms with Gasteiger partial charge >= 0.3 is 6.02 Å². The number of hydrogen-bond acceptors (Lipinski definition) is 11. The molecule has 0 saturated carbocycles. The summed E-state index contributed by atoms with van der Waals surface area (Å²) in [7, 11) is 0. The molecule has 3 aliphatic heterocycles. The highest BCUT2D eigenvalue weighted by molar-refractivity contribution is 5.78. The van der Waals surface area contributed by atoms with Crippen LogP contribution in [0.3, 0.4) is 0 Å². The van der Waals surface area contributed by atoms with Crippen LogP contribution in [-0.2, 0) is 11.3 Å². The number of fused-ring (bicyclic) bond motifs is 1. The summed E-state index contributed by atoms with van der Waals surface area (Å²) in [5.41, 5.74) is 1.80. The van der Waals surface area contributed by atoms with Gasteiger partial charge in [0.1, 0.15) is 0 Å². The number of aromatic amines is 1. The standard InChI is InChI=1S/C19H19N9O3/c1-4-27(5-1)19-25-28(16-10-23-26-24-16)17(31-19)13-8-21-18(22-9-13)20-7-12-2-3-14-15(6-12)30-11-29-14/h2-3,6,8-10,17H,1,4-5,7,11H2,(H,20,21,22)(H,23,24,26). The van der Waals surface area contributed by atoms with Crippen LogP contribution in [0.25, 0.3) is 0 Å². The number of ether oxygens (including phenoxy) is 3. The minimum absolute atomic E-state index is 0.259. The molecule has 3 aromatic rings. The molecular formula is C19H19N9O3. The Hall–Kier alpha value is -4.09. The number of aromatic nitrogens is 5. The van der Waals surface area contributed by atoms with E-state index in [1.54, 1.807) is 23.6 Å². The minimum Gasteiger partial charge on any atom is -0.454 e. The largest absolute Gasteiger partial charge is 0.454 e. The van der Waals surface area contributed by atoms with Crippen LogP contribution in [0.15, 0.2) is 41.9 Å².